The summed E-state index contributed by atoms with van der Waals surface area (Å²) in [5, 5.41) is 12.7. The van der Waals surface area contributed by atoms with Crippen LogP contribution >= 0.6 is 0 Å². The molecule has 1 aromatic rings. The third kappa shape index (κ3) is 3.53. The van der Waals surface area contributed by atoms with Crippen molar-refractivity contribution in [1.29, 1.82) is 0 Å². The highest BCUT2D eigenvalue weighted by molar-refractivity contribution is 5.90. The molecule has 0 radical (unpaired) electrons. The van der Waals surface area contributed by atoms with E-state index in [0.29, 0.717) is 5.89 Å². The Kier molecular flexibility index (Phi) is 3.58. The highest BCUT2D eigenvalue weighted by atomic mass is 16.4. The average molecular weight is 198 g/mol. The number of carbonyl (C=O) groups is 1. The quantitative estimate of drug-likeness (QED) is 0.728. The van der Waals surface area contributed by atoms with Gasteiger partial charge in [-0.1, -0.05) is 18.9 Å². The fraction of sp³-hybridized carbons (Fsp3) is 0.625. The van der Waals surface area contributed by atoms with Gasteiger partial charge in [0.2, 0.25) is 11.8 Å². The second-order valence-corrected chi connectivity index (χ2v) is 3.21. The Balaban J connectivity index is 2.34. The van der Waals surface area contributed by atoms with E-state index in [1.807, 2.05) is 13.8 Å². The average Bonchev–Trinajstić information content (AvgIpc) is 2.48. The first-order valence-corrected chi connectivity index (χ1v) is 4.41. The molecule has 6 nitrogen and oxygen atoms in total. The Hall–Kier alpha value is -1.43. The van der Waals surface area contributed by atoms with Gasteiger partial charge in [0.15, 0.2) is 0 Å². The molecule has 2 N–H and O–H groups in total. The molecular formula is C8H14N4O2. The number of aryl methyl sites for hydroxylation is 1. The number of rotatable bonds is 4. The first-order chi connectivity index (χ1) is 6.58. The van der Waals surface area contributed by atoms with E-state index in [1.165, 1.54) is 0 Å². The van der Waals surface area contributed by atoms with Crippen molar-refractivity contribution in [2.75, 3.05) is 11.9 Å². The Morgan fingerprint density at radius 1 is 1.50 bits per heavy atom. The van der Waals surface area contributed by atoms with Crippen molar-refractivity contribution in [1.82, 2.24) is 15.5 Å². The molecule has 14 heavy (non-hydrogen) atoms. The van der Waals surface area contributed by atoms with Gasteiger partial charge in [0.1, 0.15) is 0 Å². The van der Waals surface area contributed by atoms with Gasteiger partial charge in [-0.3, -0.25) is 10.1 Å². The van der Waals surface area contributed by atoms with Crippen LogP contribution in [0.5, 0.6) is 0 Å². The molecule has 1 rings (SSSR count). The van der Waals surface area contributed by atoms with E-state index in [9.17, 15) is 4.79 Å². The summed E-state index contributed by atoms with van der Waals surface area (Å²) in [6.07, 6.45) is 0. The Labute approximate surface area is 82.1 Å². The van der Waals surface area contributed by atoms with Gasteiger partial charge in [0.05, 0.1) is 6.54 Å². The van der Waals surface area contributed by atoms with Gasteiger partial charge < -0.3 is 9.73 Å². The van der Waals surface area contributed by atoms with Crippen LogP contribution in [0.4, 0.5) is 6.01 Å². The van der Waals surface area contributed by atoms with E-state index >= 15 is 0 Å². The van der Waals surface area contributed by atoms with Crippen LogP contribution in [0, 0.1) is 6.92 Å². The van der Waals surface area contributed by atoms with Crippen LogP contribution < -0.4 is 10.6 Å². The van der Waals surface area contributed by atoms with Crippen molar-refractivity contribution in [2.45, 2.75) is 26.8 Å². The van der Waals surface area contributed by atoms with Crippen LogP contribution in [0.25, 0.3) is 0 Å². The second-order valence-electron chi connectivity index (χ2n) is 3.21. The van der Waals surface area contributed by atoms with Crippen molar-refractivity contribution in [3.63, 3.8) is 0 Å². The van der Waals surface area contributed by atoms with Gasteiger partial charge in [-0.05, 0) is 0 Å². The van der Waals surface area contributed by atoms with Crippen LogP contribution in [0.15, 0.2) is 4.42 Å². The maximum atomic E-state index is 11.2. The number of hydrogen-bond donors (Lipinski definition) is 2. The molecule has 78 valence electrons. The lowest BCUT2D eigenvalue weighted by atomic mass is 10.4. The molecular weight excluding hydrogens is 184 g/mol. The van der Waals surface area contributed by atoms with Gasteiger partial charge in [-0.15, -0.1) is 5.10 Å². The summed E-state index contributed by atoms with van der Waals surface area (Å²) in [5.41, 5.74) is 0. The lowest BCUT2D eigenvalue weighted by molar-refractivity contribution is -0.115. The summed E-state index contributed by atoms with van der Waals surface area (Å²) in [6, 6.07) is 0.406. The minimum atomic E-state index is -0.192. The van der Waals surface area contributed by atoms with E-state index in [2.05, 4.69) is 20.8 Å². The second kappa shape index (κ2) is 4.71. The summed E-state index contributed by atoms with van der Waals surface area (Å²) in [5.74, 6) is 0.236. The number of amides is 1. The molecule has 0 saturated heterocycles. The number of carbonyl (C=O) groups excluding carboxylic acids is 1. The van der Waals surface area contributed by atoms with E-state index < -0.39 is 0 Å². The third-order valence-electron chi connectivity index (χ3n) is 1.44. The maximum Gasteiger partial charge on any atom is 0.322 e. The smallest absolute Gasteiger partial charge is 0.322 e. The predicted octanol–water partition coefficient (Wildman–Crippen LogP) is 0.315. The molecule has 0 aliphatic heterocycles. The normalized spacial score (nSPS) is 10.6. The SMILES string of the molecule is Cc1nnc(NC(=O)CNC(C)C)o1. The minimum absolute atomic E-state index is 0.137. The number of aromatic nitrogens is 2. The zero-order chi connectivity index (χ0) is 10.6. The molecule has 0 aliphatic rings. The topological polar surface area (TPSA) is 80.0 Å². The maximum absolute atomic E-state index is 11.2. The van der Waals surface area contributed by atoms with Crippen LogP contribution in [-0.4, -0.2) is 28.7 Å². The molecule has 0 aromatic carbocycles. The van der Waals surface area contributed by atoms with Gasteiger partial charge in [-0.2, -0.15) is 0 Å². The molecule has 0 atom stereocenters. The van der Waals surface area contributed by atoms with Crippen LogP contribution in [0.3, 0.4) is 0 Å². The number of nitrogens with zero attached hydrogens (tertiary/aromatic N) is 2. The molecule has 0 bridgehead atoms. The van der Waals surface area contributed by atoms with Crippen molar-refractivity contribution in [3.8, 4) is 0 Å². The molecule has 0 spiro atoms. The van der Waals surface area contributed by atoms with Crippen molar-refractivity contribution < 1.29 is 9.21 Å². The third-order valence-corrected chi connectivity index (χ3v) is 1.44. The Morgan fingerprint density at radius 2 is 2.21 bits per heavy atom. The summed E-state index contributed by atoms with van der Waals surface area (Å²) in [7, 11) is 0. The van der Waals surface area contributed by atoms with Crippen molar-refractivity contribution in [2.24, 2.45) is 0 Å². The first-order valence-electron chi connectivity index (χ1n) is 4.41. The zero-order valence-electron chi connectivity index (χ0n) is 8.50. The van der Waals surface area contributed by atoms with Crippen LogP contribution in [0.1, 0.15) is 19.7 Å². The lowest BCUT2D eigenvalue weighted by Gasteiger charge is -2.05. The van der Waals surface area contributed by atoms with Gasteiger partial charge >= 0.3 is 6.01 Å². The van der Waals surface area contributed by atoms with Crippen molar-refractivity contribution in [3.05, 3.63) is 5.89 Å². The minimum Gasteiger partial charge on any atom is -0.408 e. The molecule has 6 heteroatoms. The summed E-state index contributed by atoms with van der Waals surface area (Å²) >= 11 is 0. The molecule has 1 heterocycles. The van der Waals surface area contributed by atoms with E-state index in [-0.39, 0.29) is 24.5 Å². The molecule has 0 fully saturated rings. The molecule has 1 aromatic heterocycles. The molecule has 0 saturated carbocycles. The van der Waals surface area contributed by atoms with E-state index in [1.54, 1.807) is 6.92 Å². The summed E-state index contributed by atoms with van der Waals surface area (Å²) < 4.78 is 4.98. The highest BCUT2D eigenvalue weighted by Gasteiger charge is 2.07. The molecule has 1 amide bonds. The first kappa shape index (κ1) is 10.6. The lowest BCUT2D eigenvalue weighted by Crippen LogP contribution is -2.32. The monoisotopic (exact) mass is 198 g/mol. The number of nitrogens with one attached hydrogen (secondary N) is 2. The van der Waals surface area contributed by atoms with Crippen molar-refractivity contribution >= 4 is 11.9 Å². The Bertz CT molecular complexity index is 308. The number of hydrogen-bond acceptors (Lipinski definition) is 5. The summed E-state index contributed by atoms with van der Waals surface area (Å²) in [4.78, 5) is 11.2. The predicted molar refractivity (Wildman–Crippen MR) is 50.8 cm³/mol. The number of anilines is 1. The van der Waals surface area contributed by atoms with E-state index in [4.69, 9.17) is 4.42 Å². The molecule has 0 aliphatic carbocycles. The van der Waals surface area contributed by atoms with Gasteiger partial charge in [-0.25, -0.2) is 0 Å². The fourth-order valence-electron chi connectivity index (χ4n) is 0.807. The fourth-order valence-corrected chi connectivity index (χ4v) is 0.807. The summed E-state index contributed by atoms with van der Waals surface area (Å²) in [6.45, 7) is 5.82. The standard InChI is InChI=1S/C8H14N4O2/c1-5(2)9-4-7(13)10-8-12-11-6(3)14-8/h5,9H,4H2,1-3H3,(H,10,12,13). The van der Waals surface area contributed by atoms with Crippen LogP contribution in [-0.2, 0) is 4.79 Å². The Morgan fingerprint density at radius 3 is 2.71 bits per heavy atom. The zero-order valence-corrected chi connectivity index (χ0v) is 8.50. The molecule has 0 unspecified atom stereocenters. The van der Waals surface area contributed by atoms with Gasteiger partial charge in [0, 0.05) is 13.0 Å². The highest BCUT2D eigenvalue weighted by Crippen LogP contribution is 2.02. The largest absolute Gasteiger partial charge is 0.408 e. The van der Waals surface area contributed by atoms with Crippen LogP contribution in [0.2, 0.25) is 0 Å². The van der Waals surface area contributed by atoms with E-state index in [0.717, 1.165) is 0 Å². The van der Waals surface area contributed by atoms with Gasteiger partial charge in [0.25, 0.3) is 0 Å².